The van der Waals surface area contributed by atoms with Gasteiger partial charge in [-0.2, -0.15) is 0 Å². The van der Waals surface area contributed by atoms with E-state index in [1.54, 1.807) is 12.2 Å². The Morgan fingerprint density at radius 1 is 0.963 bits per heavy atom. The third kappa shape index (κ3) is 5.07. The van der Waals surface area contributed by atoms with Gasteiger partial charge in [0.15, 0.2) is 0 Å². The van der Waals surface area contributed by atoms with Crippen molar-refractivity contribution in [3.63, 3.8) is 0 Å². The van der Waals surface area contributed by atoms with Crippen LogP contribution < -0.4 is 4.74 Å². The first-order valence-electron chi connectivity index (χ1n) is 9.36. The molecular formula is C23H24O4. The van der Waals surface area contributed by atoms with Crippen molar-refractivity contribution in [3.8, 4) is 5.75 Å². The Kier molecular flexibility index (Phi) is 6.42. The molecule has 0 N–H and O–H groups in total. The Bertz CT molecular complexity index is 824. The largest absolute Gasteiger partial charge is 0.461 e. The van der Waals surface area contributed by atoms with Crippen LogP contribution in [-0.4, -0.2) is 11.9 Å². The highest BCUT2D eigenvalue weighted by Crippen LogP contribution is 2.36. The number of hydrogen-bond donors (Lipinski definition) is 0. The summed E-state index contributed by atoms with van der Waals surface area (Å²) in [6.07, 6.45) is 5.49. The fraction of sp³-hybridized carbons (Fsp3) is 0.304. The van der Waals surface area contributed by atoms with Gasteiger partial charge in [-0.3, -0.25) is 9.59 Å². The van der Waals surface area contributed by atoms with Gasteiger partial charge < -0.3 is 9.47 Å². The average molecular weight is 364 g/mol. The molecule has 2 bridgehead atoms. The molecule has 0 fully saturated rings. The molecule has 4 nitrogen and oxygen atoms in total. The van der Waals surface area contributed by atoms with E-state index >= 15 is 0 Å². The lowest BCUT2D eigenvalue weighted by molar-refractivity contribution is -0.144. The van der Waals surface area contributed by atoms with Crippen LogP contribution in [0, 0.1) is 0 Å². The van der Waals surface area contributed by atoms with Gasteiger partial charge >= 0.3 is 11.9 Å². The van der Waals surface area contributed by atoms with Crippen molar-refractivity contribution in [2.75, 3.05) is 0 Å². The minimum atomic E-state index is -0.337. The quantitative estimate of drug-likeness (QED) is 0.439. The molecule has 2 aliphatic rings. The Hall–Kier alpha value is -2.88. The van der Waals surface area contributed by atoms with Gasteiger partial charge in [-0.25, -0.2) is 0 Å². The van der Waals surface area contributed by atoms with Crippen LogP contribution in [-0.2, 0) is 20.9 Å². The molecule has 0 radical (unpaired) electrons. The maximum absolute atomic E-state index is 12.2. The number of hydrogen-bond acceptors (Lipinski definition) is 4. The molecule has 2 heterocycles. The number of ether oxygens (including phenoxy) is 2. The summed E-state index contributed by atoms with van der Waals surface area (Å²) in [6, 6.07) is 15.9. The standard InChI is InChI=1S/C23H24O4/c1-2-8-19(18-9-4-3-5-10-18)20-15-17-13-14-21(20)27-23(25)12-7-6-11-22(24)26-16-17/h3-7,9-10,13-15,19H,2,8,11-12,16H2,1H3. The Balaban J connectivity index is 2.03. The number of fused-ring (bicyclic) bond motifs is 9. The first-order valence-corrected chi connectivity index (χ1v) is 9.36. The summed E-state index contributed by atoms with van der Waals surface area (Å²) < 4.78 is 11.0. The molecule has 1 atom stereocenters. The van der Waals surface area contributed by atoms with Crippen LogP contribution in [0.5, 0.6) is 5.75 Å². The van der Waals surface area contributed by atoms with Crippen LogP contribution in [0.2, 0.25) is 0 Å². The van der Waals surface area contributed by atoms with E-state index in [0.717, 1.165) is 24.0 Å². The van der Waals surface area contributed by atoms with Gasteiger partial charge in [-0.05, 0) is 29.7 Å². The van der Waals surface area contributed by atoms with Gasteiger partial charge in [0.05, 0.1) is 12.8 Å². The predicted octanol–water partition coefficient (Wildman–Crippen LogP) is 4.92. The van der Waals surface area contributed by atoms with Gasteiger partial charge in [0.1, 0.15) is 12.4 Å². The third-order valence-electron chi connectivity index (χ3n) is 4.59. The van der Waals surface area contributed by atoms with E-state index in [1.807, 2.05) is 36.4 Å². The van der Waals surface area contributed by atoms with Crippen molar-refractivity contribution >= 4 is 11.9 Å². The molecule has 0 saturated carbocycles. The van der Waals surface area contributed by atoms with E-state index < -0.39 is 0 Å². The van der Waals surface area contributed by atoms with Crippen LogP contribution in [0.4, 0.5) is 0 Å². The normalized spacial score (nSPS) is 15.9. The lowest BCUT2D eigenvalue weighted by Gasteiger charge is -2.21. The number of benzene rings is 2. The summed E-state index contributed by atoms with van der Waals surface area (Å²) in [4.78, 5) is 24.1. The maximum atomic E-state index is 12.2. The Morgan fingerprint density at radius 3 is 2.44 bits per heavy atom. The van der Waals surface area contributed by atoms with E-state index in [0.29, 0.717) is 5.75 Å². The fourth-order valence-corrected chi connectivity index (χ4v) is 3.27. The highest BCUT2D eigenvalue weighted by atomic mass is 16.5. The average Bonchev–Trinajstić information content (AvgIpc) is 2.71. The van der Waals surface area contributed by atoms with Crippen molar-refractivity contribution < 1.29 is 19.1 Å². The van der Waals surface area contributed by atoms with Crippen LogP contribution in [0.3, 0.4) is 0 Å². The van der Waals surface area contributed by atoms with Crippen LogP contribution in [0.1, 0.15) is 55.2 Å². The second-order valence-corrected chi connectivity index (χ2v) is 6.64. The van der Waals surface area contributed by atoms with Crippen molar-refractivity contribution in [2.45, 2.75) is 45.1 Å². The summed E-state index contributed by atoms with van der Waals surface area (Å²) in [6.45, 7) is 2.35. The third-order valence-corrected chi connectivity index (χ3v) is 4.59. The van der Waals surface area contributed by atoms with Crippen molar-refractivity contribution in [2.24, 2.45) is 0 Å². The monoisotopic (exact) mass is 364 g/mol. The molecule has 0 spiro atoms. The van der Waals surface area contributed by atoms with Crippen molar-refractivity contribution in [1.29, 1.82) is 0 Å². The lowest BCUT2D eigenvalue weighted by Crippen LogP contribution is -2.11. The fourth-order valence-electron chi connectivity index (χ4n) is 3.27. The van der Waals surface area contributed by atoms with Crippen LogP contribution in [0.15, 0.2) is 60.7 Å². The van der Waals surface area contributed by atoms with E-state index in [4.69, 9.17) is 9.47 Å². The van der Waals surface area contributed by atoms with Gasteiger partial charge in [0, 0.05) is 11.5 Å². The van der Waals surface area contributed by atoms with Crippen molar-refractivity contribution in [1.82, 2.24) is 0 Å². The SMILES string of the molecule is CCCC(c1ccccc1)c1cc2ccc1OC(=O)CC=CCC(=O)OC2. The molecular weight excluding hydrogens is 340 g/mol. The van der Waals surface area contributed by atoms with E-state index in [1.165, 1.54) is 5.56 Å². The van der Waals surface area contributed by atoms with E-state index in [-0.39, 0.29) is 37.3 Å². The first-order chi connectivity index (χ1) is 13.2. The minimum Gasteiger partial charge on any atom is -0.461 e. The molecule has 0 saturated heterocycles. The molecule has 0 aromatic heterocycles. The molecule has 4 rings (SSSR count). The zero-order valence-corrected chi connectivity index (χ0v) is 15.5. The molecule has 0 amide bonds. The van der Waals surface area contributed by atoms with Crippen molar-refractivity contribution in [3.05, 3.63) is 77.4 Å². The number of esters is 2. The van der Waals surface area contributed by atoms with Crippen LogP contribution in [0.25, 0.3) is 0 Å². The second-order valence-electron chi connectivity index (χ2n) is 6.64. The molecule has 140 valence electrons. The first kappa shape index (κ1) is 18.9. The van der Waals surface area contributed by atoms with Gasteiger partial charge in [0.25, 0.3) is 0 Å². The minimum absolute atomic E-state index is 0.107. The summed E-state index contributed by atoms with van der Waals surface area (Å²) in [5.41, 5.74) is 3.02. The molecule has 27 heavy (non-hydrogen) atoms. The van der Waals surface area contributed by atoms with Crippen LogP contribution >= 0.6 is 0 Å². The molecule has 1 unspecified atom stereocenters. The number of carbonyl (C=O) groups is 2. The summed E-state index contributed by atoms with van der Waals surface area (Å²) >= 11 is 0. The number of carbonyl (C=O) groups excluding carboxylic acids is 2. The lowest BCUT2D eigenvalue weighted by atomic mass is 9.86. The highest BCUT2D eigenvalue weighted by molar-refractivity contribution is 5.75. The Labute approximate surface area is 159 Å². The van der Waals surface area contributed by atoms with E-state index in [9.17, 15) is 9.59 Å². The zero-order chi connectivity index (χ0) is 19.1. The molecule has 4 heteroatoms. The predicted molar refractivity (Wildman–Crippen MR) is 103 cm³/mol. The van der Waals surface area contributed by atoms with Gasteiger partial charge in [-0.15, -0.1) is 0 Å². The topological polar surface area (TPSA) is 52.6 Å². The smallest absolute Gasteiger partial charge is 0.315 e. The van der Waals surface area contributed by atoms with E-state index in [2.05, 4.69) is 19.1 Å². The van der Waals surface area contributed by atoms with Gasteiger partial charge in [0.2, 0.25) is 0 Å². The van der Waals surface area contributed by atoms with Gasteiger partial charge in [-0.1, -0.05) is 61.9 Å². The molecule has 2 aliphatic heterocycles. The molecule has 0 aliphatic carbocycles. The number of rotatable bonds is 4. The zero-order valence-electron chi connectivity index (χ0n) is 15.5. The summed E-state index contributed by atoms with van der Waals surface area (Å²) in [7, 11) is 0. The maximum Gasteiger partial charge on any atom is 0.315 e. The highest BCUT2D eigenvalue weighted by Gasteiger charge is 2.20. The molecule has 2 aromatic carbocycles. The molecule has 2 aromatic rings. The summed E-state index contributed by atoms with van der Waals surface area (Å²) in [5, 5.41) is 0. The second kappa shape index (κ2) is 9.17. The Morgan fingerprint density at radius 2 is 1.70 bits per heavy atom. The summed E-state index contributed by atoms with van der Waals surface area (Å²) in [5.74, 6) is 0.0363.